The van der Waals surface area contributed by atoms with E-state index >= 15 is 0 Å². The van der Waals surface area contributed by atoms with Crippen molar-refractivity contribution in [2.24, 2.45) is 11.0 Å². The minimum absolute atomic E-state index is 0.264. The zero-order chi connectivity index (χ0) is 19.1. The first-order valence-electron chi connectivity index (χ1n) is 10.5. The normalized spacial score (nSPS) is 28.4. The van der Waals surface area contributed by atoms with E-state index in [4.69, 9.17) is 14.6 Å². The van der Waals surface area contributed by atoms with Gasteiger partial charge in [0.25, 0.3) is 0 Å². The summed E-state index contributed by atoms with van der Waals surface area (Å²) in [6, 6.07) is 17.0. The van der Waals surface area contributed by atoms with Crippen molar-refractivity contribution >= 4 is 5.71 Å². The highest BCUT2D eigenvalue weighted by atomic mass is 16.5. The summed E-state index contributed by atoms with van der Waals surface area (Å²) in [7, 11) is 1.70. The van der Waals surface area contributed by atoms with Gasteiger partial charge in [-0.3, -0.25) is 0 Å². The number of benzene rings is 2. The van der Waals surface area contributed by atoms with Crippen LogP contribution in [0.4, 0.5) is 0 Å². The molecule has 0 saturated heterocycles. The molecular weight excluding hydrogens is 348 g/mol. The molecule has 2 aromatic rings. The Morgan fingerprint density at radius 2 is 1.86 bits per heavy atom. The molecule has 0 unspecified atom stereocenters. The van der Waals surface area contributed by atoms with E-state index in [1.165, 1.54) is 30.4 Å². The van der Waals surface area contributed by atoms with E-state index < -0.39 is 0 Å². The van der Waals surface area contributed by atoms with Crippen LogP contribution in [-0.4, -0.2) is 23.6 Å². The van der Waals surface area contributed by atoms with Gasteiger partial charge in [-0.05, 0) is 54.7 Å². The fourth-order valence-corrected chi connectivity index (χ4v) is 5.05. The summed E-state index contributed by atoms with van der Waals surface area (Å²) < 4.78 is 12.0. The van der Waals surface area contributed by atoms with Crippen LogP contribution in [0.15, 0.2) is 53.6 Å². The van der Waals surface area contributed by atoms with Gasteiger partial charge < -0.3 is 9.47 Å². The third-order valence-electron chi connectivity index (χ3n) is 6.79. The number of fused-ring (bicyclic) bond motifs is 4. The Balaban J connectivity index is 1.52. The van der Waals surface area contributed by atoms with Gasteiger partial charge in [-0.2, -0.15) is 5.10 Å². The summed E-state index contributed by atoms with van der Waals surface area (Å²) in [5, 5.41) is 7.45. The van der Waals surface area contributed by atoms with Crippen molar-refractivity contribution in [1.29, 1.82) is 0 Å². The van der Waals surface area contributed by atoms with Gasteiger partial charge in [-0.25, -0.2) is 5.01 Å². The molecule has 1 spiro atoms. The first kappa shape index (κ1) is 17.6. The molecule has 4 nitrogen and oxygen atoms in total. The van der Waals surface area contributed by atoms with Crippen molar-refractivity contribution in [1.82, 2.24) is 5.01 Å². The number of nitrogens with zero attached hydrogens (tertiary/aromatic N) is 2. The Hall–Kier alpha value is -2.49. The summed E-state index contributed by atoms with van der Waals surface area (Å²) in [6.45, 7) is 2.30. The Labute approximate surface area is 167 Å². The summed E-state index contributed by atoms with van der Waals surface area (Å²) >= 11 is 0. The van der Waals surface area contributed by atoms with Gasteiger partial charge in [0.15, 0.2) is 5.72 Å². The van der Waals surface area contributed by atoms with Crippen LogP contribution < -0.4 is 9.47 Å². The monoisotopic (exact) mass is 376 g/mol. The van der Waals surface area contributed by atoms with E-state index in [2.05, 4.69) is 48.3 Å². The van der Waals surface area contributed by atoms with E-state index in [0.717, 1.165) is 42.4 Å². The highest BCUT2D eigenvalue weighted by Gasteiger charge is 2.51. The number of hydrogen-bond acceptors (Lipinski definition) is 4. The van der Waals surface area contributed by atoms with Crippen molar-refractivity contribution < 1.29 is 9.47 Å². The van der Waals surface area contributed by atoms with E-state index in [1.807, 2.05) is 12.1 Å². The summed E-state index contributed by atoms with van der Waals surface area (Å²) in [6.07, 6.45) is 6.72. The Bertz CT molecular complexity index is 882. The summed E-state index contributed by atoms with van der Waals surface area (Å²) in [5.41, 5.74) is 3.28. The molecule has 2 aliphatic heterocycles. The molecule has 3 aliphatic rings. The van der Waals surface area contributed by atoms with Gasteiger partial charge in [0.2, 0.25) is 0 Å². The second-order valence-electron chi connectivity index (χ2n) is 8.28. The molecular formula is C24H28N2O2. The largest absolute Gasteiger partial charge is 0.497 e. The van der Waals surface area contributed by atoms with Crippen LogP contribution in [0, 0.1) is 5.92 Å². The molecule has 0 radical (unpaired) electrons. The topological polar surface area (TPSA) is 34.1 Å². The molecule has 1 aliphatic carbocycles. The summed E-state index contributed by atoms with van der Waals surface area (Å²) in [5.74, 6) is 2.74. The number of para-hydroxylation sites is 1. The lowest BCUT2D eigenvalue weighted by atomic mass is 9.80. The van der Waals surface area contributed by atoms with Crippen molar-refractivity contribution in [2.75, 3.05) is 7.11 Å². The SMILES string of the molecule is CCC1CCC2(CC1)Oc1ccccc1[C@@H]1CC(c3ccc(OC)cc3)=NN12. The van der Waals surface area contributed by atoms with E-state index in [1.54, 1.807) is 7.11 Å². The second kappa shape index (κ2) is 6.84. The zero-order valence-electron chi connectivity index (χ0n) is 16.7. The molecule has 0 bridgehead atoms. The molecule has 1 saturated carbocycles. The molecule has 2 aromatic carbocycles. The van der Waals surface area contributed by atoms with Crippen LogP contribution >= 0.6 is 0 Å². The van der Waals surface area contributed by atoms with Gasteiger partial charge in [-0.1, -0.05) is 31.5 Å². The predicted octanol–water partition coefficient (Wildman–Crippen LogP) is 5.54. The highest BCUT2D eigenvalue weighted by Crippen LogP contribution is 2.52. The maximum absolute atomic E-state index is 6.69. The minimum Gasteiger partial charge on any atom is -0.497 e. The standard InChI is InChI=1S/C24H28N2O2/c1-3-17-12-14-24(15-13-17)26-22(20-6-4-5-7-23(20)28-24)16-21(25-26)18-8-10-19(27-2)11-9-18/h4-11,17,22H,3,12-16H2,1-2H3/t17?,22-,24?/m0/s1. The fourth-order valence-electron chi connectivity index (χ4n) is 5.05. The van der Waals surface area contributed by atoms with Crippen LogP contribution in [-0.2, 0) is 0 Å². The number of methoxy groups -OCH3 is 1. The highest BCUT2D eigenvalue weighted by molar-refractivity contribution is 6.02. The molecule has 0 N–H and O–H groups in total. The van der Waals surface area contributed by atoms with E-state index in [-0.39, 0.29) is 11.8 Å². The number of ether oxygens (including phenoxy) is 2. The third kappa shape index (κ3) is 2.78. The summed E-state index contributed by atoms with van der Waals surface area (Å²) in [4.78, 5) is 0. The first-order valence-corrected chi connectivity index (χ1v) is 10.5. The van der Waals surface area contributed by atoms with Gasteiger partial charge in [-0.15, -0.1) is 0 Å². The average molecular weight is 377 g/mol. The smallest absolute Gasteiger partial charge is 0.198 e. The Morgan fingerprint density at radius 3 is 2.57 bits per heavy atom. The maximum Gasteiger partial charge on any atom is 0.198 e. The van der Waals surface area contributed by atoms with Crippen LogP contribution in [0.2, 0.25) is 0 Å². The van der Waals surface area contributed by atoms with Crippen molar-refractivity contribution in [3.8, 4) is 11.5 Å². The Kier molecular flexibility index (Phi) is 4.30. The van der Waals surface area contributed by atoms with Gasteiger partial charge in [0.05, 0.1) is 18.9 Å². The van der Waals surface area contributed by atoms with Gasteiger partial charge >= 0.3 is 0 Å². The average Bonchev–Trinajstić information content (AvgIpc) is 3.21. The lowest BCUT2D eigenvalue weighted by Crippen LogP contribution is -2.55. The predicted molar refractivity (Wildman–Crippen MR) is 111 cm³/mol. The molecule has 1 fully saturated rings. The number of hydrogen-bond donors (Lipinski definition) is 0. The first-order chi connectivity index (χ1) is 13.7. The lowest BCUT2D eigenvalue weighted by Gasteiger charge is -2.50. The lowest BCUT2D eigenvalue weighted by molar-refractivity contribution is -0.146. The maximum atomic E-state index is 6.69. The van der Waals surface area contributed by atoms with Crippen LogP contribution in [0.5, 0.6) is 11.5 Å². The third-order valence-corrected chi connectivity index (χ3v) is 6.79. The molecule has 4 heteroatoms. The fraction of sp³-hybridized carbons (Fsp3) is 0.458. The van der Waals surface area contributed by atoms with Gasteiger partial charge in [0, 0.05) is 24.8 Å². The molecule has 0 aromatic heterocycles. The molecule has 2 heterocycles. The van der Waals surface area contributed by atoms with Crippen LogP contribution in [0.25, 0.3) is 0 Å². The van der Waals surface area contributed by atoms with Crippen LogP contribution in [0.3, 0.4) is 0 Å². The Morgan fingerprint density at radius 1 is 1.11 bits per heavy atom. The number of rotatable bonds is 3. The van der Waals surface area contributed by atoms with Crippen LogP contribution in [0.1, 0.15) is 62.6 Å². The second-order valence-corrected chi connectivity index (χ2v) is 8.28. The quantitative estimate of drug-likeness (QED) is 0.706. The molecule has 146 valence electrons. The molecule has 1 atom stereocenters. The van der Waals surface area contributed by atoms with E-state index in [0.29, 0.717) is 0 Å². The van der Waals surface area contributed by atoms with Crippen molar-refractivity contribution in [2.45, 2.75) is 57.2 Å². The molecule has 0 amide bonds. The van der Waals surface area contributed by atoms with Crippen molar-refractivity contribution in [3.63, 3.8) is 0 Å². The molecule has 28 heavy (non-hydrogen) atoms. The minimum atomic E-state index is -0.293. The molecule has 5 rings (SSSR count). The number of hydrazone groups is 1. The van der Waals surface area contributed by atoms with Crippen molar-refractivity contribution in [3.05, 3.63) is 59.7 Å². The van der Waals surface area contributed by atoms with Gasteiger partial charge in [0.1, 0.15) is 11.5 Å². The van der Waals surface area contributed by atoms with E-state index in [9.17, 15) is 0 Å². The zero-order valence-corrected chi connectivity index (χ0v) is 16.7.